The van der Waals surface area contributed by atoms with E-state index in [1.165, 1.54) is 12.0 Å². The van der Waals surface area contributed by atoms with Crippen molar-refractivity contribution in [3.8, 4) is 0 Å². The molecular formula is C10H20N2O5. The summed E-state index contributed by atoms with van der Waals surface area (Å²) in [7, 11) is 4.44. The number of ether oxygens (including phenoxy) is 2. The van der Waals surface area contributed by atoms with Crippen molar-refractivity contribution < 1.29 is 24.2 Å². The summed E-state index contributed by atoms with van der Waals surface area (Å²) in [6.07, 6.45) is -1.04. The minimum atomic E-state index is -1.11. The van der Waals surface area contributed by atoms with Crippen molar-refractivity contribution in [1.82, 2.24) is 10.2 Å². The lowest BCUT2D eigenvalue weighted by Crippen LogP contribution is -2.47. The number of amides is 2. The minimum absolute atomic E-state index is 0.0747. The highest BCUT2D eigenvalue weighted by Gasteiger charge is 2.20. The van der Waals surface area contributed by atoms with Gasteiger partial charge >= 0.3 is 12.0 Å². The highest BCUT2D eigenvalue weighted by Crippen LogP contribution is 1.97. The van der Waals surface area contributed by atoms with Crippen LogP contribution >= 0.6 is 0 Å². The summed E-state index contributed by atoms with van der Waals surface area (Å²) in [6, 6.07) is -0.455. The predicted molar refractivity (Wildman–Crippen MR) is 60.9 cm³/mol. The van der Waals surface area contributed by atoms with E-state index in [2.05, 4.69) is 5.32 Å². The molecule has 0 aromatic rings. The number of hydrogen-bond donors (Lipinski definition) is 2. The summed E-state index contributed by atoms with van der Waals surface area (Å²) in [5.41, 5.74) is 0. The Kier molecular flexibility index (Phi) is 7.24. The van der Waals surface area contributed by atoms with E-state index in [9.17, 15) is 9.59 Å². The van der Waals surface area contributed by atoms with Crippen molar-refractivity contribution in [3.05, 3.63) is 0 Å². The molecule has 0 aliphatic heterocycles. The third-order valence-corrected chi connectivity index (χ3v) is 2.39. The second-order valence-electron chi connectivity index (χ2n) is 3.66. The Morgan fingerprint density at radius 1 is 1.41 bits per heavy atom. The van der Waals surface area contributed by atoms with Crippen LogP contribution in [0.1, 0.15) is 6.92 Å². The molecule has 2 unspecified atom stereocenters. The highest BCUT2D eigenvalue weighted by molar-refractivity contribution is 5.77. The van der Waals surface area contributed by atoms with E-state index in [1.54, 1.807) is 14.2 Å². The predicted octanol–water partition coefficient (Wildman–Crippen LogP) is -0.238. The number of urea groups is 1. The first-order chi connectivity index (χ1) is 7.93. The fourth-order valence-corrected chi connectivity index (χ4v) is 1.13. The summed E-state index contributed by atoms with van der Waals surface area (Å²) < 4.78 is 9.61. The van der Waals surface area contributed by atoms with Crippen LogP contribution in [0.3, 0.4) is 0 Å². The molecule has 17 heavy (non-hydrogen) atoms. The maximum absolute atomic E-state index is 11.6. The summed E-state index contributed by atoms with van der Waals surface area (Å²) in [5.74, 6) is -1.11. The molecule has 2 N–H and O–H groups in total. The summed E-state index contributed by atoms with van der Waals surface area (Å²) in [6.45, 7) is 2.17. The molecule has 0 aromatic carbocycles. The van der Waals surface area contributed by atoms with E-state index in [-0.39, 0.29) is 18.6 Å². The van der Waals surface area contributed by atoms with Crippen LogP contribution in [-0.4, -0.2) is 68.6 Å². The van der Waals surface area contributed by atoms with Crippen LogP contribution in [0, 0.1) is 0 Å². The number of likely N-dealkylation sites (N-methyl/N-ethyl adjacent to an activating group) is 1. The lowest BCUT2D eigenvalue weighted by Gasteiger charge is -2.25. The molecule has 0 spiro atoms. The van der Waals surface area contributed by atoms with Gasteiger partial charge in [-0.15, -0.1) is 0 Å². The third kappa shape index (κ3) is 5.50. The molecule has 7 heteroatoms. The number of carbonyl (C=O) groups excluding carboxylic acids is 1. The second kappa shape index (κ2) is 7.86. The number of rotatable bonds is 7. The summed E-state index contributed by atoms with van der Waals surface area (Å²) >= 11 is 0. The van der Waals surface area contributed by atoms with Gasteiger partial charge in [0.1, 0.15) is 0 Å². The van der Waals surface area contributed by atoms with Gasteiger partial charge in [0, 0.05) is 21.3 Å². The highest BCUT2D eigenvalue weighted by atomic mass is 16.5. The van der Waals surface area contributed by atoms with Crippen LogP contribution in [0.4, 0.5) is 4.79 Å². The molecule has 0 fully saturated rings. The Labute approximate surface area is 101 Å². The largest absolute Gasteiger partial charge is 0.479 e. The average molecular weight is 248 g/mol. The van der Waals surface area contributed by atoms with Crippen molar-refractivity contribution in [3.63, 3.8) is 0 Å². The van der Waals surface area contributed by atoms with Crippen molar-refractivity contribution in [2.45, 2.75) is 19.1 Å². The van der Waals surface area contributed by atoms with Gasteiger partial charge in [-0.05, 0) is 6.92 Å². The molecule has 0 bridgehead atoms. The first kappa shape index (κ1) is 15.7. The molecule has 0 aliphatic rings. The van der Waals surface area contributed by atoms with E-state index < -0.39 is 12.1 Å². The molecular weight excluding hydrogens is 228 g/mol. The molecule has 0 saturated heterocycles. The molecule has 2 atom stereocenters. The minimum Gasteiger partial charge on any atom is -0.479 e. The van der Waals surface area contributed by atoms with Crippen LogP contribution in [0.25, 0.3) is 0 Å². The maximum Gasteiger partial charge on any atom is 0.334 e. The number of hydrogen-bond acceptors (Lipinski definition) is 4. The zero-order chi connectivity index (χ0) is 13.4. The standard InChI is InChI=1S/C10H20N2O5/c1-7(6-16-3)12(2)10(15)11-5-8(17-4)9(13)14/h7-8H,5-6H2,1-4H3,(H,11,15)(H,13,14). The molecule has 7 nitrogen and oxygen atoms in total. The van der Waals surface area contributed by atoms with Gasteiger partial charge in [-0.3, -0.25) is 0 Å². The van der Waals surface area contributed by atoms with Crippen molar-refractivity contribution in [2.75, 3.05) is 34.4 Å². The van der Waals surface area contributed by atoms with Crippen molar-refractivity contribution in [2.24, 2.45) is 0 Å². The average Bonchev–Trinajstić information content (AvgIpc) is 2.28. The smallest absolute Gasteiger partial charge is 0.334 e. The van der Waals surface area contributed by atoms with Crippen molar-refractivity contribution in [1.29, 1.82) is 0 Å². The Morgan fingerprint density at radius 2 is 2.00 bits per heavy atom. The van der Waals surface area contributed by atoms with Gasteiger partial charge in [0.25, 0.3) is 0 Å². The van der Waals surface area contributed by atoms with Gasteiger partial charge in [-0.1, -0.05) is 0 Å². The van der Waals surface area contributed by atoms with Gasteiger partial charge in [0.2, 0.25) is 0 Å². The van der Waals surface area contributed by atoms with Crippen LogP contribution in [-0.2, 0) is 14.3 Å². The quantitative estimate of drug-likeness (QED) is 0.649. The SMILES string of the molecule is COCC(C)N(C)C(=O)NCC(OC)C(=O)O. The van der Waals surface area contributed by atoms with E-state index in [0.717, 1.165) is 0 Å². The molecule has 100 valence electrons. The maximum atomic E-state index is 11.6. The fraction of sp³-hybridized carbons (Fsp3) is 0.800. The number of carbonyl (C=O) groups is 2. The zero-order valence-corrected chi connectivity index (χ0v) is 10.6. The first-order valence-corrected chi connectivity index (χ1v) is 5.19. The molecule has 0 saturated carbocycles. The number of nitrogens with one attached hydrogen (secondary N) is 1. The molecule has 0 aliphatic carbocycles. The van der Waals surface area contributed by atoms with Gasteiger partial charge in [0.05, 0.1) is 19.2 Å². The van der Waals surface area contributed by atoms with E-state index >= 15 is 0 Å². The van der Waals surface area contributed by atoms with Crippen LogP contribution in [0.15, 0.2) is 0 Å². The van der Waals surface area contributed by atoms with E-state index in [4.69, 9.17) is 14.6 Å². The molecule has 0 radical (unpaired) electrons. The zero-order valence-electron chi connectivity index (χ0n) is 10.6. The van der Waals surface area contributed by atoms with Gasteiger partial charge < -0.3 is 24.8 Å². The van der Waals surface area contributed by atoms with Gasteiger partial charge in [-0.25, -0.2) is 9.59 Å². The van der Waals surface area contributed by atoms with Crippen LogP contribution in [0.2, 0.25) is 0 Å². The van der Waals surface area contributed by atoms with Gasteiger partial charge in [0.15, 0.2) is 6.10 Å². The van der Waals surface area contributed by atoms with Gasteiger partial charge in [-0.2, -0.15) is 0 Å². The number of carboxylic acids is 1. The van der Waals surface area contributed by atoms with E-state index in [1.807, 2.05) is 6.92 Å². The van der Waals surface area contributed by atoms with Crippen LogP contribution in [0.5, 0.6) is 0 Å². The number of aliphatic carboxylic acids is 1. The molecule has 0 heterocycles. The summed E-state index contributed by atoms with van der Waals surface area (Å²) in [4.78, 5) is 23.7. The Hall–Kier alpha value is -1.34. The monoisotopic (exact) mass is 248 g/mol. The Balaban J connectivity index is 4.12. The van der Waals surface area contributed by atoms with Crippen LogP contribution < -0.4 is 5.32 Å². The van der Waals surface area contributed by atoms with E-state index in [0.29, 0.717) is 6.61 Å². The van der Waals surface area contributed by atoms with Crippen molar-refractivity contribution >= 4 is 12.0 Å². The number of methoxy groups -OCH3 is 2. The Bertz CT molecular complexity index is 259. The normalized spacial score (nSPS) is 13.9. The fourth-order valence-electron chi connectivity index (χ4n) is 1.13. The lowest BCUT2D eigenvalue weighted by molar-refractivity contribution is -0.148. The third-order valence-electron chi connectivity index (χ3n) is 2.39. The first-order valence-electron chi connectivity index (χ1n) is 5.19. The molecule has 0 aromatic heterocycles. The number of carboxylic acid groups (broad SMARTS) is 1. The molecule has 0 rings (SSSR count). The lowest BCUT2D eigenvalue weighted by atomic mass is 10.3. The topological polar surface area (TPSA) is 88.1 Å². The Morgan fingerprint density at radius 3 is 2.41 bits per heavy atom. The molecule has 2 amide bonds. The summed E-state index contributed by atoms with van der Waals surface area (Å²) in [5, 5.41) is 11.2. The second-order valence-corrected chi connectivity index (χ2v) is 3.66. The number of nitrogens with zero attached hydrogens (tertiary/aromatic N) is 1.